The molecule has 0 bridgehead atoms. The third kappa shape index (κ3) is 1.81. The highest BCUT2D eigenvalue weighted by molar-refractivity contribution is 6.00. The molecule has 2 heterocycles. The van der Waals surface area contributed by atoms with Gasteiger partial charge in [0.05, 0.1) is 5.41 Å². The van der Waals surface area contributed by atoms with Gasteiger partial charge in [-0.2, -0.15) is 0 Å². The van der Waals surface area contributed by atoms with E-state index in [1.807, 2.05) is 0 Å². The van der Waals surface area contributed by atoms with Crippen LogP contribution in [-0.2, 0) is 4.79 Å². The van der Waals surface area contributed by atoms with E-state index < -0.39 is 0 Å². The molecule has 1 amide bonds. The van der Waals surface area contributed by atoms with Crippen LogP contribution in [0.1, 0.15) is 19.3 Å². The van der Waals surface area contributed by atoms with Gasteiger partial charge >= 0.3 is 0 Å². The topological polar surface area (TPSA) is 32.3 Å². The Hall–Kier alpha value is -1.42. The van der Waals surface area contributed by atoms with Crippen LogP contribution >= 0.6 is 0 Å². The Balaban J connectivity index is 1.86. The first-order chi connectivity index (χ1) is 8.71. The van der Waals surface area contributed by atoms with Gasteiger partial charge in [0.25, 0.3) is 0 Å². The van der Waals surface area contributed by atoms with Gasteiger partial charge in [-0.15, -0.1) is 0 Å². The van der Waals surface area contributed by atoms with E-state index >= 15 is 0 Å². The molecule has 2 saturated heterocycles. The molecule has 2 aliphatic rings. The minimum atomic E-state index is -0.289. The second-order valence-electron chi connectivity index (χ2n) is 5.25. The SMILES string of the molecule is O=C1N(c2cccc(F)c2)CC[C@@]12CCCNC2. The number of carbonyl (C=O) groups excluding carboxylic acids is 1. The van der Waals surface area contributed by atoms with Gasteiger partial charge in [0.2, 0.25) is 5.91 Å². The van der Waals surface area contributed by atoms with Gasteiger partial charge in [-0.05, 0) is 44.0 Å². The largest absolute Gasteiger partial charge is 0.316 e. The van der Waals surface area contributed by atoms with E-state index in [1.54, 1.807) is 17.0 Å². The van der Waals surface area contributed by atoms with Gasteiger partial charge < -0.3 is 10.2 Å². The summed E-state index contributed by atoms with van der Waals surface area (Å²) in [6.45, 7) is 2.45. The van der Waals surface area contributed by atoms with Crippen LogP contribution in [0.15, 0.2) is 24.3 Å². The van der Waals surface area contributed by atoms with Crippen LogP contribution in [0.3, 0.4) is 0 Å². The molecule has 0 unspecified atom stereocenters. The molecule has 96 valence electrons. The maximum absolute atomic E-state index is 13.2. The van der Waals surface area contributed by atoms with Gasteiger partial charge in [-0.25, -0.2) is 4.39 Å². The molecular formula is C14H17FN2O. The molecule has 2 fully saturated rings. The first kappa shape index (κ1) is 11.7. The summed E-state index contributed by atoms with van der Waals surface area (Å²) in [5.74, 6) is -0.136. The highest BCUT2D eigenvalue weighted by atomic mass is 19.1. The lowest BCUT2D eigenvalue weighted by atomic mass is 9.79. The summed E-state index contributed by atoms with van der Waals surface area (Å²) in [7, 11) is 0. The molecule has 1 spiro atoms. The maximum atomic E-state index is 13.2. The first-order valence-corrected chi connectivity index (χ1v) is 6.50. The van der Waals surface area contributed by atoms with E-state index in [0.717, 1.165) is 32.4 Å². The quantitative estimate of drug-likeness (QED) is 0.823. The lowest BCUT2D eigenvalue weighted by Crippen LogP contribution is -2.45. The summed E-state index contributed by atoms with van der Waals surface area (Å²) in [5.41, 5.74) is 0.437. The van der Waals surface area contributed by atoms with Gasteiger partial charge in [-0.3, -0.25) is 4.79 Å². The molecular weight excluding hydrogens is 231 g/mol. The van der Waals surface area contributed by atoms with Crippen LogP contribution in [0.5, 0.6) is 0 Å². The number of carbonyl (C=O) groups is 1. The van der Waals surface area contributed by atoms with Gasteiger partial charge in [0.1, 0.15) is 5.82 Å². The molecule has 18 heavy (non-hydrogen) atoms. The maximum Gasteiger partial charge on any atom is 0.234 e. The summed E-state index contributed by atoms with van der Waals surface area (Å²) in [6.07, 6.45) is 2.86. The molecule has 1 aromatic carbocycles. The zero-order chi connectivity index (χ0) is 12.6. The van der Waals surface area contributed by atoms with Gasteiger partial charge in [0.15, 0.2) is 0 Å². The summed E-state index contributed by atoms with van der Waals surface area (Å²) in [5, 5.41) is 3.31. The minimum absolute atomic E-state index is 0.153. The fraction of sp³-hybridized carbons (Fsp3) is 0.500. The second-order valence-corrected chi connectivity index (χ2v) is 5.25. The lowest BCUT2D eigenvalue weighted by Gasteiger charge is -2.32. The number of hydrogen-bond donors (Lipinski definition) is 1. The summed E-state index contributed by atoms with van der Waals surface area (Å²) >= 11 is 0. The average molecular weight is 248 g/mol. The zero-order valence-corrected chi connectivity index (χ0v) is 10.3. The van der Waals surface area contributed by atoms with Crippen LogP contribution in [-0.4, -0.2) is 25.5 Å². The predicted octanol–water partition coefficient (Wildman–Crippen LogP) is 1.93. The third-order valence-electron chi connectivity index (χ3n) is 4.10. The molecule has 4 heteroatoms. The van der Waals surface area contributed by atoms with Crippen LogP contribution in [0.25, 0.3) is 0 Å². The lowest BCUT2D eigenvalue weighted by molar-refractivity contribution is -0.126. The normalized spacial score (nSPS) is 28.1. The zero-order valence-electron chi connectivity index (χ0n) is 10.3. The molecule has 0 saturated carbocycles. The molecule has 0 aromatic heterocycles. The van der Waals surface area contributed by atoms with Crippen LogP contribution in [0, 0.1) is 11.2 Å². The van der Waals surface area contributed by atoms with Crippen molar-refractivity contribution >= 4 is 11.6 Å². The van der Waals surface area contributed by atoms with Crippen molar-refractivity contribution in [2.75, 3.05) is 24.5 Å². The van der Waals surface area contributed by atoms with Crippen molar-refractivity contribution in [3.63, 3.8) is 0 Å². The standard InChI is InChI=1S/C14H17FN2O/c15-11-3-1-4-12(9-11)17-8-6-14(13(17)18)5-2-7-16-10-14/h1,3-4,9,16H,2,5-8,10H2/t14-/m1/s1. The fourth-order valence-electron chi connectivity index (χ4n) is 3.07. The van der Waals surface area contributed by atoms with E-state index in [4.69, 9.17) is 0 Å². The Morgan fingerprint density at radius 3 is 2.94 bits per heavy atom. The Kier molecular flexibility index (Phi) is 2.82. The number of piperidine rings is 1. The fourth-order valence-corrected chi connectivity index (χ4v) is 3.07. The van der Waals surface area contributed by atoms with E-state index in [9.17, 15) is 9.18 Å². The van der Waals surface area contributed by atoms with E-state index in [2.05, 4.69) is 5.32 Å². The molecule has 3 nitrogen and oxygen atoms in total. The van der Waals surface area contributed by atoms with Gasteiger partial charge in [-0.1, -0.05) is 6.07 Å². The minimum Gasteiger partial charge on any atom is -0.316 e. The van der Waals surface area contributed by atoms with Gasteiger partial charge in [0, 0.05) is 18.8 Å². The summed E-state index contributed by atoms with van der Waals surface area (Å²) in [4.78, 5) is 14.3. The van der Waals surface area contributed by atoms with E-state index in [1.165, 1.54) is 12.1 Å². The number of hydrogen-bond acceptors (Lipinski definition) is 2. The van der Waals surface area contributed by atoms with Crippen LogP contribution in [0.4, 0.5) is 10.1 Å². The van der Waals surface area contributed by atoms with Crippen molar-refractivity contribution in [2.45, 2.75) is 19.3 Å². The number of anilines is 1. The highest BCUT2D eigenvalue weighted by Crippen LogP contribution is 2.39. The molecule has 2 aliphatic heterocycles. The molecule has 1 aromatic rings. The first-order valence-electron chi connectivity index (χ1n) is 6.50. The molecule has 0 radical (unpaired) electrons. The Labute approximate surface area is 106 Å². The Bertz CT molecular complexity index is 469. The summed E-state index contributed by atoms with van der Waals surface area (Å²) < 4.78 is 13.2. The molecule has 0 aliphatic carbocycles. The molecule has 3 rings (SSSR count). The van der Waals surface area contributed by atoms with Crippen molar-refractivity contribution in [3.05, 3.63) is 30.1 Å². The number of rotatable bonds is 1. The monoisotopic (exact) mass is 248 g/mol. The molecule has 1 atom stereocenters. The smallest absolute Gasteiger partial charge is 0.234 e. The number of halogens is 1. The summed E-state index contributed by atoms with van der Waals surface area (Å²) in [6, 6.07) is 6.30. The average Bonchev–Trinajstić information content (AvgIpc) is 2.68. The van der Waals surface area contributed by atoms with E-state index in [-0.39, 0.29) is 17.1 Å². The molecule has 1 N–H and O–H groups in total. The Morgan fingerprint density at radius 2 is 2.22 bits per heavy atom. The Morgan fingerprint density at radius 1 is 1.33 bits per heavy atom. The van der Waals surface area contributed by atoms with Crippen LogP contribution in [0.2, 0.25) is 0 Å². The predicted molar refractivity (Wildman–Crippen MR) is 67.9 cm³/mol. The van der Waals surface area contributed by atoms with E-state index in [0.29, 0.717) is 12.2 Å². The van der Waals surface area contributed by atoms with Crippen molar-refractivity contribution in [2.24, 2.45) is 5.41 Å². The number of nitrogens with zero attached hydrogens (tertiary/aromatic N) is 1. The van der Waals surface area contributed by atoms with Crippen molar-refractivity contribution in [1.29, 1.82) is 0 Å². The third-order valence-corrected chi connectivity index (χ3v) is 4.10. The van der Waals surface area contributed by atoms with Crippen molar-refractivity contribution in [1.82, 2.24) is 5.32 Å². The van der Waals surface area contributed by atoms with Crippen molar-refractivity contribution < 1.29 is 9.18 Å². The number of nitrogens with one attached hydrogen (secondary N) is 1. The van der Waals surface area contributed by atoms with Crippen molar-refractivity contribution in [3.8, 4) is 0 Å². The number of amides is 1. The number of benzene rings is 1. The second kappa shape index (κ2) is 4.35. The van der Waals surface area contributed by atoms with Crippen LogP contribution < -0.4 is 10.2 Å². The highest BCUT2D eigenvalue weighted by Gasteiger charge is 2.47.